The molecular weight excluding hydrogens is 438 g/mol. The van der Waals surface area contributed by atoms with E-state index in [4.69, 9.17) is 0 Å². The Kier molecular flexibility index (Phi) is 10.1. The fraction of sp³-hybridized carbons (Fsp3) is 0.375. The smallest absolute Gasteiger partial charge is 0.255 e. The highest BCUT2D eigenvalue weighted by Gasteiger charge is 2.04. The maximum atomic E-state index is 12.3. The molecule has 0 unspecified atom stereocenters. The highest BCUT2D eigenvalue weighted by atomic mass is 32.2. The Morgan fingerprint density at radius 1 is 1.00 bits per heavy atom. The lowest BCUT2D eigenvalue weighted by Crippen LogP contribution is -2.18. The molecule has 3 aromatic rings. The van der Waals surface area contributed by atoms with Crippen LogP contribution in [-0.4, -0.2) is 52.0 Å². The predicted molar refractivity (Wildman–Crippen MR) is 137 cm³/mol. The number of nitrogens with zero attached hydrogens (tertiary/aromatic N) is 3. The van der Waals surface area contributed by atoms with Crippen molar-refractivity contribution in [2.24, 2.45) is 0 Å². The van der Waals surface area contributed by atoms with E-state index in [0.29, 0.717) is 12.4 Å². The van der Waals surface area contributed by atoms with E-state index >= 15 is 0 Å². The van der Waals surface area contributed by atoms with Crippen LogP contribution in [0.2, 0.25) is 0 Å². The Labute approximate surface area is 198 Å². The number of anilines is 1. The van der Waals surface area contributed by atoms with Gasteiger partial charge in [0.25, 0.3) is 5.56 Å². The van der Waals surface area contributed by atoms with Crippen LogP contribution in [-0.2, 0) is 24.5 Å². The van der Waals surface area contributed by atoms with E-state index in [2.05, 4.69) is 69.6 Å². The lowest BCUT2D eigenvalue weighted by atomic mass is 10.1. The Morgan fingerprint density at radius 2 is 1.78 bits per heavy atom. The van der Waals surface area contributed by atoms with Crippen molar-refractivity contribution in [3.8, 4) is 0 Å². The topological polar surface area (TPSA) is 73.9 Å². The Bertz CT molecular complexity index is 1010. The molecule has 8 heteroatoms. The molecule has 32 heavy (non-hydrogen) atoms. The van der Waals surface area contributed by atoms with Crippen LogP contribution in [0.5, 0.6) is 0 Å². The first-order chi connectivity index (χ1) is 15.6. The summed E-state index contributed by atoms with van der Waals surface area (Å²) < 4.78 is 0. The van der Waals surface area contributed by atoms with Gasteiger partial charge in [0.1, 0.15) is 0 Å². The summed E-state index contributed by atoms with van der Waals surface area (Å²) in [7, 11) is 4.17. The number of hydrogen-bond donors (Lipinski definition) is 2. The molecule has 0 spiro atoms. The number of benzene rings is 1. The van der Waals surface area contributed by atoms with Gasteiger partial charge in [0.15, 0.2) is 0 Å². The third-order valence-electron chi connectivity index (χ3n) is 4.68. The summed E-state index contributed by atoms with van der Waals surface area (Å²) in [6, 6.07) is 12.7. The average molecular weight is 470 g/mol. The fourth-order valence-electron chi connectivity index (χ4n) is 3.16. The van der Waals surface area contributed by atoms with E-state index < -0.39 is 0 Å². The molecule has 0 saturated heterocycles. The molecule has 0 atom stereocenters. The minimum absolute atomic E-state index is 0.0603. The second-order valence-electron chi connectivity index (χ2n) is 7.79. The molecule has 0 saturated carbocycles. The van der Waals surface area contributed by atoms with Gasteiger partial charge in [-0.1, -0.05) is 30.3 Å². The maximum Gasteiger partial charge on any atom is 0.255 e. The molecule has 2 aromatic heterocycles. The molecule has 0 aliphatic heterocycles. The number of aromatic nitrogens is 3. The molecular formula is C24H31N5OS2. The SMILES string of the molecule is CN(C)Cc1cccc(CSCCNc2ncc(CCSCc3cccnc3)c(=O)[nH]2)c1. The number of rotatable bonds is 13. The Morgan fingerprint density at radius 3 is 2.56 bits per heavy atom. The number of aromatic amines is 1. The van der Waals surface area contributed by atoms with E-state index in [1.165, 1.54) is 16.7 Å². The quantitative estimate of drug-likeness (QED) is 0.366. The molecule has 0 radical (unpaired) electrons. The largest absolute Gasteiger partial charge is 0.355 e. The second-order valence-corrected chi connectivity index (χ2v) is 10.00. The van der Waals surface area contributed by atoms with Crippen molar-refractivity contribution < 1.29 is 0 Å². The molecule has 1 aromatic carbocycles. The lowest BCUT2D eigenvalue weighted by molar-refractivity contribution is 0.402. The van der Waals surface area contributed by atoms with Crippen molar-refractivity contribution in [3.63, 3.8) is 0 Å². The third kappa shape index (κ3) is 8.68. The molecule has 0 fully saturated rings. The maximum absolute atomic E-state index is 12.3. The number of aryl methyl sites for hydroxylation is 1. The summed E-state index contributed by atoms with van der Waals surface area (Å²) in [4.78, 5) is 25.9. The number of hydrogen-bond acceptors (Lipinski definition) is 7. The Balaban J connectivity index is 1.34. The van der Waals surface area contributed by atoms with Gasteiger partial charge in [-0.2, -0.15) is 23.5 Å². The summed E-state index contributed by atoms with van der Waals surface area (Å²) in [5.41, 5.74) is 4.54. The fourth-order valence-corrected chi connectivity index (χ4v) is 4.88. The van der Waals surface area contributed by atoms with Crippen molar-refractivity contribution in [2.75, 3.05) is 37.5 Å². The molecule has 170 valence electrons. The van der Waals surface area contributed by atoms with Crippen LogP contribution in [0.4, 0.5) is 5.95 Å². The monoisotopic (exact) mass is 469 g/mol. The first-order valence-corrected chi connectivity index (χ1v) is 13.0. The van der Waals surface area contributed by atoms with Crippen LogP contribution in [0.25, 0.3) is 0 Å². The van der Waals surface area contributed by atoms with Crippen molar-refractivity contribution >= 4 is 29.5 Å². The van der Waals surface area contributed by atoms with Gasteiger partial charge in [-0.05, 0) is 49.0 Å². The molecule has 0 amide bonds. The van der Waals surface area contributed by atoms with Gasteiger partial charge in [-0.25, -0.2) is 4.98 Å². The summed E-state index contributed by atoms with van der Waals surface area (Å²) in [5.74, 6) is 4.22. The Hall–Kier alpha value is -2.29. The van der Waals surface area contributed by atoms with E-state index in [0.717, 1.165) is 41.7 Å². The van der Waals surface area contributed by atoms with Crippen molar-refractivity contribution in [1.29, 1.82) is 0 Å². The van der Waals surface area contributed by atoms with Crippen LogP contribution in [0, 0.1) is 0 Å². The number of H-pyrrole nitrogens is 1. The first-order valence-electron chi connectivity index (χ1n) is 10.7. The third-order valence-corrected chi connectivity index (χ3v) is 6.74. The van der Waals surface area contributed by atoms with E-state index in [1.807, 2.05) is 24.0 Å². The van der Waals surface area contributed by atoms with Gasteiger partial charge in [0.2, 0.25) is 5.95 Å². The van der Waals surface area contributed by atoms with Crippen LogP contribution in [0.1, 0.15) is 22.3 Å². The van der Waals surface area contributed by atoms with Crippen molar-refractivity contribution in [3.05, 3.63) is 87.6 Å². The molecule has 6 nitrogen and oxygen atoms in total. The van der Waals surface area contributed by atoms with Crippen LogP contribution < -0.4 is 10.9 Å². The zero-order chi connectivity index (χ0) is 22.6. The summed E-state index contributed by atoms with van der Waals surface area (Å²) >= 11 is 3.66. The highest BCUT2D eigenvalue weighted by Crippen LogP contribution is 2.15. The van der Waals surface area contributed by atoms with Crippen LogP contribution in [0.15, 0.2) is 59.8 Å². The van der Waals surface area contributed by atoms with Crippen LogP contribution >= 0.6 is 23.5 Å². The zero-order valence-electron chi connectivity index (χ0n) is 18.7. The highest BCUT2D eigenvalue weighted by molar-refractivity contribution is 7.98. The lowest BCUT2D eigenvalue weighted by Gasteiger charge is -2.11. The first kappa shape index (κ1) is 24.4. The van der Waals surface area contributed by atoms with E-state index in [9.17, 15) is 4.79 Å². The molecule has 0 aliphatic rings. The standard InChI is InChI=1S/C24H31N5OS2/c1-29(2)16-19-5-3-6-20(13-19)17-32-12-10-26-24-27-15-22(23(30)28-24)8-11-31-18-21-7-4-9-25-14-21/h3-7,9,13-15H,8,10-12,16-18H2,1-2H3,(H2,26,27,28,30). The average Bonchev–Trinajstić information content (AvgIpc) is 2.78. The van der Waals surface area contributed by atoms with E-state index in [1.54, 1.807) is 24.2 Å². The minimum Gasteiger partial charge on any atom is -0.355 e. The molecule has 2 N–H and O–H groups in total. The summed E-state index contributed by atoms with van der Waals surface area (Å²) in [6.07, 6.45) is 6.05. The normalized spacial score (nSPS) is 11.1. The van der Waals surface area contributed by atoms with Crippen LogP contribution in [0.3, 0.4) is 0 Å². The van der Waals surface area contributed by atoms with Gasteiger partial charge in [0, 0.05) is 54.5 Å². The van der Waals surface area contributed by atoms with Crippen molar-refractivity contribution in [1.82, 2.24) is 19.9 Å². The van der Waals surface area contributed by atoms with Crippen molar-refractivity contribution in [2.45, 2.75) is 24.5 Å². The molecule has 3 rings (SSSR count). The molecule has 2 heterocycles. The van der Waals surface area contributed by atoms with E-state index in [-0.39, 0.29) is 5.56 Å². The van der Waals surface area contributed by atoms with Gasteiger partial charge in [-0.15, -0.1) is 0 Å². The summed E-state index contributed by atoms with van der Waals surface area (Å²) in [6.45, 7) is 1.71. The predicted octanol–water partition coefficient (Wildman–Crippen LogP) is 4.05. The number of pyridine rings is 1. The van der Waals surface area contributed by atoms with Gasteiger partial charge >= 0.3 is 0 Å². The van der Waals surface area contributed by atoms with Gasteiger partial charge < -0.3 is 10.2 Å². The molecule has 0 bridgehead atoms. The van der Waals surface area contributed by atoms with Gasteiger partial charge in [0.05, 0.1) is 0 Å². The second kappa shape index (κ2) is 13.3. The minimum atomic E-state index is -0.0603. The van der Waals surface area contributed by atoms with Gasteiger partial charge in [-0.3, -0.25) is 14.8 Å². The number of thioether (sulfide) groups is 2. The summed E-state index contributed by atoms with van der Waals surface area (Å²) in [5, 5.41) is 3.22. The molecule has 0 aliphatic carbocycles. The zero-order valence-corrected chi connectivity index (χ0v) is 20.3. The number of nitrogens with one attached hydrogen (secondary N) is 2.